The molecule has 24 heavy (non-hydrogen) atoms. The zero-order valence-corrected chi connectivity index (χ0v) is 13.9. The van der Waals surface area contributed by atoms with E-state index in [2.05, 4.69) is 27.3 Å². The molecule has 1 aromatic carbocycles. The van der Waals surface area contributed by atoms with Crippen LogP contribution < -0.4 is 10.1 Å². The van der Waals surface area contributed by atoms with Crippen molar-refractivity contribution in [2.45, 2.75) is 19.6 Å². The SMILES string of the molecule is CNC(=O)C1CCN(Cc2ccc(OCc3ccncc3)cc2)C1. The van der Waals surface area contributed by atoms with E-state index in [1.165, 1.54) is 5.56 Å². The number of rotatable bonds is 6. The van der Waals surface area contributed by atoms with E-state index in [1.807, 2.05) is 24.3 Å². The molecule has 1 N–H and O–H groups in total. The number of amides is 1. The predicted molar refractivity (Wildman–Crippen MR) is 92.5 cm³/mol. The van der Waals surface area contributed by atoms with Gasteiger partial charge >= 0.3 is 0 Å². The van der Waals surface area contributed by atoms with Crippen molar-refractivity contribution in [3.8, 4) is 5.75 Å². The molecule has 0 bridgehead atoms. The first-order valence-electron chi connectivity index (χ1n) is 8.29. The lowest BCUT2D eigenvalue weighted by atomic mass is 10.1. The van der Waals surface area contributed by atoms with Crippen molar-refractivity contribution in [2.75, 3.05) is 20.1 Å². The van der Waals surface area contributed by atoms with E-state index in [9.17, 15) is 4.79 Å². The maximum atomic E-state index is 11.7. The number of carbonyl (C=O) groups is 1. The molecule has 5 nitrogen and oxygen atoms in total. The molecule has 1 atom stereocenters. The highest BCUT2D eigenvalue weighted by Crippen LogP contribution is 2.20. The van der Waals surface area contributed by atoms with Crippen molar-refractivity contribution in [2.24, 2.45) is 5.92 Å². The van der Waals surface area contributed by atoms with Crippen molar-refractivity contribution in [1.29, 1.82) is 0 Å². The number of benzene rings is 1. The Bertz CT molecular complexity index is 658. The van der Waals surface area contributed by atoms with E-state index < -0.39 is 0 Å². The normalized spacial score (nSPS) is 17.6. The van der Waals surface area contributed by atoms with Crippen molar-refractivity contribution >= 4 is 5.91 Å². The first-order valence-corrected chi connectivity index (χ1v) is 8.29. The van der Waals surface area contributed by atoms with Gasteiger partial charge in [-0.05, 0) is 48.4 Å². The highest BCUT2D eigenvalue weighted by Gasteiger charge is 2.27. The fourth-order valence-electron chi connectivity index (χ4n) is 2.99. The third kappa shape index (κ3) is 4.32. The van der Waals surface area contributed by atoms with Gasteiger partial charge in [0, 0.05) is 32.5 Å². The van der Waals surface area contributed by atoms with Gasteiger partial charge in [-0.15, -0.1) is 0 Å². The number of pyridine rings is 1. The van der Waals surface area contributed by atoms with E-state index >= 15 is 0 Å². The van der Waals surface area contributed by atoms with E-state index in [1.54, 1.807) is 19.4 Å². The number of carbonyl (C=O) groups excluding carboxylic acids is 1. The number of nitrogens with zero attached hydrogens (tertiary/aromatic N) is 2. The summed E-state index contributed by atoms with van der Waals surface area (Å²) >= 11 is 0. The predicted octanol–water partition coefficient (Wildman–Crippen LogP) is 2.23. The number of ether oxygens (including phenoxy) is 1. The summed E-state index contributed by atoms with van der Waals surface area (Å²) in [5.41, 5.74) is 2.34. The van der Waals surface area contributed by atoms with Crippen LogP contribution in [0, 0.1) is 5.92 Å². The molecular weight excluding hydrogens is 302 g/mol. The van der Waals surface area contributed by atoms with Crippen LogP contribution in [0.2, 0.25) is 0 Å². The Hall–Kier alpha value is -2.40. The molecule has 2 aromatic rings. The number of hydrogen-bond donors (Lipinski definition) is 1. The highest BCUT2D eigenvalue weighted by atomic mass is 16.5. The molecule has 1 aromatic heterocycles. The van der Waals surface area contributed by atoms with Crippen LogP contribution in [0.4, 0.5) is 0 Å². The maximum Gasteiger partial charge on any atom is 0.224 e. The van der Waals surface area contributed by atoms with Gasteiger partial charge in [0.2, 0.25) is 5.91 Å². The molecule has 1 fully saturated rings. The Balaban J connectivity index is 1.49. The van der Waals surface area contributed by atoms with Gasteiger partial charge in [0.1, 0.15) is 12.4 Å². The van der Waals surface area contributed by atoms with Crippen LogP contribution in [0.1, 0.15) is 17.5 Å². The van der Waals surface area contributed by atoms with E-state index in [4.69, 9.17) is 4.74 Å². The number of likely N-dealkylation sites (tertiary alicyclic amines) is 1. The minimum atomic E-state index is 0.123. The van der Waals surface area contributed by atoms with Gasteiger partial charge in [-0.1, -0.05) is 12.1 Å². The summed E-state index contributed by atoms with van der Waals surface area (Å²) in [6.07, 6.45) is 4.47. The fourth-order valence-corrected chi connectivity index (χ4v) is 2.99. The van der Waals surface area contributed by atoms with Crippen molar-refractivity contribution < 1.29 is 9.53 Å². The molecule has 5 heteroatoms. The standard InChI is InChI=1S/C19H23N3O2/c1-20-19(23)17-8-11-22(13-17)12-15-2-4-18(5-3-15)24-14-16-6-9-21-10-7-16/h2-7,9-10,17H,8,11-14H2,1H3,(H,20,23). The summed E-state index contributed by atoms with van der Waals surface area (Å²) in [7, 11) is 1.70. The Labute approximate surface area is 142 Å². The quantitative estimate of drug-likeness (QED) is 0.885. The van der Waals surface area contributed by atoms with E-state index in [0.29, 0.717) is 6.61 Å². The Morgan fingerprint density at radius 3 is 2.67 bits per heavy atom. The summed E-state index contributed by atoms with van der Waals surface area (Å²) in [4.78, 5) is 18.0. The van der Waals surface area contributed by atoms with E-state index in [0.717, 1.165) is 37.4 Å². The summed E-state index contributed by atoms with van der Waals surface area (Å²) in [5.74, 6) is 1.13. The zero-order chi connectivity index (χ0) is 16.8. The van der Waals surface area contributed by atoms with Crippen LogP contribution >= 0.6 is 0 Å². The largest absolute Gasteiger partial charge is 0.489 e. The maximum absolute atomic E-state index is 11.7. The molecule has 2 heterocycles. The molecule has 126 valence electrons. The van der Waals surface area contributed by atoms with Crippen LogP contribution in [0.15, 0.2) is 48.8 Å². The van der Waals surface area contributed by atoms with Crippen LogP contribution in [-0.2, 0) is 17.9 Å². The molecule has 0 radical (unpaired) electrons. The number of aromatic nitrogens is 1. The van der Waals surface area contributed by atoms with Crippen molar-refractivity contribution in [3.05, 3.63) is 59.9 Å². The lowest BCUT2D eigenvalue weighted by Gasteiger charge is -2.16. The third-order valence-electron chi connectivity index (χ3n) is 4.37. The van der Waals surface area contributed by atoms with Gasteiger partial charge in [-0.2, -0.15) is 0 Å². The third-order valence-corrected chi connectivity index (χ3v) is 4.37. The summed E-state index contributed by atoms with van der Waals surface area (Å²) in [6.45, 7) is 3.22. The zero-order valence-electron chi connectivity index (χ0n) is 13.9. The molecule has 1 saturated heterocycles. The van der Waals surface area contributed by atoms with Crippen LogP contribution in [0.5, 0.6) is 5.75 Å². The van der Waals surface area contributed by atoms with Crippen LogP contribution in [0.3, 0.4) is 0 Å². The second-order valence-corrected chi connectivity index (χ2v) is 6.12. The first-order chi connectivity index (χ1) is 11.7. The summed E-state index contributed by atoms with van der Waals surface area (Å²) < 4.78 is 5.79. The second kappa shape index (κ2) is 7.93. The molecule has 0 spiro atoms. The van der Waals surface area contributed by atoms with Gasteiger partial charge in [-0.25, -0.2) is 0 Å². The lowest BCUT2D eigenvalue weighted by molar-refractivity contribution is -0.124. The van der Waals surface area contributed by atoms with Gasteiger partial charge in [0.15, 0.2) is 0 Å². The lowest BCUT2D eigenvalue weighted by Crippen LogP contribution is -2.30. The molecule has 1 unspecified atom stereocenters. The second-order valence-electron chi connectivity index (χ2n) is 6.12. The van der Waals surface area contributed by atoms with Crippen LogP contribution in [0.25, 0.3) is 0 Å². The van der Waals surface area contributed by atoms with Gasteiger partial charge in [0.05, 0.1) is 5.92 Å². The van der Waals surface area contributed by atoms with E-state index in [-0.39, 0.29) is 11.8 Å². The van der Waals surface area contributed by atoms with Crippen LogP contribution in [-0.4, -0.2) is 35.9 Å². The minimum absolute atomic E-state index is 0.123. The van der Waals surface area contributed by atoms with Gasteiger partial charge < -0.3 is 10.1 Å². The average molecular weight is 325 g/mol. The Morgan fingerprint density at radius 2 is 1.96 bits per heavy atom. The molecule has 0 saturated carbocycles. The molecule has 3 rings (SSSR count). The van der Waals surface area contributed by atoms with Gasteiger partial charge in [0.25, 0.3) is 0 Å². The number of hydrogen-bond acceptors (Lipinski definition) is 4. The fraction of sp³-hybridized carbons (Fsp3) is 0.368. The first kappa shape index (κ1) is 16.5. The topological polar surface area (TPSA) is 54.5 Å². The minimum Gasteiger partial charge on any atom is -0.489 e. The average Bonchev–Trinajstić information content (AvgIpc) is 3.10. The Kier molecular flexibility index (Phi) is 5.43. The summed E-state index contributed by atoms with van der Waals surface area (Å²) in [6, 6.07) is 12.1. The molecular formula is C19H23N3O2. The van der Waals surface area contributed by atoms with Crippen molar-refractivity contribution in [3.63, 3.8) is 0 Å². The number of nitrogens with one attached hydrogen (secondary N) is 1. The molecule has 1 aliphatic rings. The Morgan fingerprint density at radius 1 is 1.21 bits per heavy atom. The molecule has 1 aliphatic heterocycles. The summed E-state index contributed by atoms with van der Waals surface area (Å²) in [5, 5.41) is 2.74. The molecule has 0 aliphatic carbocycles. The highest BCUT2D eigenvalue weighted by molar-refractivity contribution is 5.78. The molecule has 1 amide bonds. The van der Waals surface area contributed by atoms with Gasteiger partial charge in [-0.3, -0.25) is 14.7 Å². The van der Waals surface area contributed by atoms with Crippen molar-refractivity contribution in [1.82, 2.24) is 15.2 Å². The smallest absolute Gasteiger partial charge is 0.224 e. The monoisotopic (exact) mass is 325 g/mol.